The van der Waals surface area contributed by atoms with Crippen molar-refractivity contribution < 1.29 is 9.53 Å². The van der Waals surface area contributed by atoms with Gasteiger partial charge in [0.1, 0.15) is 5.75 Å². The molecule has 7 heteroatoms. The molecule has 98 valence electrons. The molecule has 1 rings (SSSR count). The predicted octanol–water partition coefficient (Wildman–Crippen LogP) is 1.15. The number of benzene rings is 1. The summed E-state index contributed by atoms with van der Waals surface area (Å²) in [5.41, 5.74) is 5.77. The number of hydrogen-bond acceptors (Lipinski definition) is 3. The molecule has 0 aromatic heterocycles. The van der Waals surface area contributed by atoms with E-state index < -0.39 is 0 Å². The summed E-state index contributed by atoms with van der Waals surface area (Å²) in [6.07, 6.45) is 0. The second kappa shape index (κ2) is 7.03. The van der Waals surface area contributed by atoms with Crippen molar-refractivity contribution in [3.05, 3.63) is 28.8 Å². The highest BCUT2D eigenvalue weighted by molar-refractivity contribution is 7.80. The maximum atomic E-state index is 11.4. The molecule has 0 heterocycles. The van der Waals surface area contributed by atoms with Crippen molar-refractivity contribution in [1.82, 2.24) is 16.2 Å². The van der Waals surface area contributed by atoms with E-state index in [1.165, 1.54) is 0 Å². The van der Waals surface area contributed by atoms with Gasteiger partial charge in [0.05, 0.1) is 0 Å². The van der Waals surface area contributed by atoms with E-state index in [0.29, 0.717) is 15.9 Å². The molecule has 0 bridgehead atoms. The lowest BCUT2D eigenvalue weighted by Crippen LogP contribution is -2.47. The molecule has 3 N–H and O–H groups in total. The monoisotopic (exact) mass is 287 g/mol. The fourth-order valence-electron chi connectivity index (χ4n) is 1.14. The average molecular weight is 288 g/mol. The summed E-state index contributed by atoms with van der Waals surface area (Å²) in [6, 6.07) is 5.19. The van der Waals surface area contributed by atoms with Gasteiger partial charge >= 0.3 is 0 Å². The lowest BCUT2D eigenvalue weighted by atomic mass is 10.2. The molecule has 1 amide bonds. The van der Waals surface area contributed by atoms with Gasteiger partial charge in [-0.1, -0.05) is 11.6 Å². The molecule has 0 unspecified atom stereocenters. The van der Waals surface area contributed by atoms with E-state index in [-0.39, 0.29) is 12.5 Å². The Bertz CT molecular complexity index is 454. The van der Waals surface area contributed by atoms with Crippen molar-refractivity contribution in [2.45, 2.75) is 6.92 Å². The summed E-state index contributed by atoms with van der Waals surface area (Å²) in [5, 5.41) is 3.61. The largest absolute Gasteiger partial charge is 0.483 e. The zero-order valence-corrected chi connectivity index (χ0v) is 11.6. The first-order valence-corrected chi connectivity index (χ1v) is 5.97. The number of carbonyl (C=O) groups is 1. The molecule has 0 aliphatic rings. The van der Waals surface area contributed by atoms with Gasteiger partial charge in [-0.3, -0.25) is 15.6 Å². The zero-order chi connectivity index (χ0) is 13.5. The van der Waals surface area contributed by atoms with Gasteiger partial charge in [-0.15, -0.1) is 0 Å². The molecule has 0 atom stereocenters. The van der Waals surface area contributed by atoms with Crippen LogP contribution in [0, 0.1) is 6.92 Å². The van der Waals surface area contributed by atoms with Crippen molar-refractivity contribution >= 4 is 34.8 Å². The Labute approximate surface area is 116 Å². The van der Waals surface area contributed by atoms with Gasteiger partial charge in [0, 0.05) is 12.1 Å². The molecular formula is C11H14ClN3O2S. The molecule has 0 aliphatic carbocycles. The summed E-state index contributed by atoms with van der Waals surface area (Å²) in [5.74, 6) is 0.285. The minimum atomic E-state index is -0.332. The summed E-state index contributed by atoms with van der Waals surface area (Å²) in [7, 11) is 1.65. The van der Waals surface area contributed by atoms with Gasteiger partial charge in [0.2, 0.25) is 0 Å². The lowest BCUT2D eigenvalue weighted by molar-refractivity contribution is -0.123. The highest BCUT2D eigenvalue weighted by Crippen LogP contribution is 2.21. The molecule has 0 fully saturated rings. The van der Waals surface area contributed by atoms with Gasteiger partial charge in [0.25, 0.3) is 5.91 Å². The van der Waals surface area contributed by atoms with Gasteiger partial charge in [-0.25, -0.2) is 0 Å². The number of halogens is 1. The molecule has 0 spiro atoms. The van der Waals surface area contributed by atoms with E-state index in [1.807, 2.05) is 6.92 Å². The van der Waals surface area contributed by atoms with Crippen molar-refractivity contribution in [3.8, 4) is 5.75 Å². The van der Waals surface area contributed by atoms with Crippen molar-refractivity contribution in [1.29, 1.82) is 0 Å². The Morgan fingerprint density at radius 1 is 1.44 bits per heavy atom. The third-order valence-electron chi connectivity index (χ3n) is 2.04. The van der Waals surface area contributed by atoms with Crippen molar-refractivity contribution in [3.63, 3.8) is 0 Å². The van der Waals surface area contributed by atoms with Crippen LogP contribution < -0.4 is 20.9 Å². The molecular weight excluding hydrogens is 274 g/mol. The van der Waals surface area contributed by atoms with E-state index in [0.717, 1.165) is 5.56 Å². The van der Waals surface area contributed by atoms with Gasteiger partial charge in [-0.05, 0) is 42.9 Å². The molecule has 1 aromatic carbocycles. The van der Waals surface area contributed by atoms with Crippen LogP contribution in [0.1, 0.15) is 5.56 Å². The Hall–Kier alpha value is -1.53. The molecule has 18 heavy (non-hydrogen) atoms. The number of thiocarbonyl (C=S) groups is 1. The number of amides is 1. The van der Waals surface area contributed by atoms with Gasteiger partial charge in [-0.2, -0.15) is 0 Å². The number of nitrogens with one attached hydrogen (secondary N) is 3. The topological polar surface area (TPSA) is 62.4 Å². The lowest BCUT2D eigenvalue weighted by Gasteiger charge is -2.11. The highest BCUT2D eigenvalue weighted by atomic mass is 35.5. The Morgan fingerprint density at radius 2 is 2.17 bits per heavy atom. The van der Waals surface area contributed by atoms with E-state index in [2.05, 4.69) is 16.2 Å². The Balaban J connectivity index is 2.40. The SMILES string of the molecule is CNC(=S)NNC(=O)COc1ccc(Cl)cc1C. The second-order valence-electron chi connectivity index (χ2n) is 3.45. The summed E-state index contributed by atoms with van der Waals surface area (Å²) < 4.78 is 5.35. The standard InChI is InChI=1S/C11H14ClN3O2S/c1-7-5-8(12)3-4-9(7)17-6-10(16)14-15-11(18)13-2/h3-5H,6H2,1-2H3,(H,14,16)(H2,13,15,18). The number of carbonyl (C=O) groups excluding carboxylic acids is 1. The van der Waals surface area contributed by atoms with Crippen LogP contribution in [-0.2, 0) is 4.79 Å². The fourth-order valence-corrected chi connectivity index (χ4v) is 1.42. The number of hydrogen-bond donors (Lipinski definition) is 3. The number of ether oxygens (including phenoxy) is 1. The molecule has 0 saturated heterocycles. The van der Waals surface area contributed by atoms with Crippen LogP contribution in [-0.4, -0.2) is 24.7 Å². The van der Waals surface area contributed by atoms with Crippen LogP contribution >= 0.6 is 23.8 Å². The number of rotatable bonds is 3. The first-order valence-electron chi connectivity index (χ1n) is 5.18. The van der Waals surface area contributed by atoms with Crippen LogP contribution in [0.3, 0.4) is 0 Å². The first kappa shape index (κ1) is 14.5. The Morgan fingerprint density at radius 3 is 2.78 bits per heavy atom. The fraction of sp³-hybridized carbons (Fsp3) is 0.273. The van der Waals surface area contributed by atoms with Gasteiger partial charge < -0.3 is 10.1 Å². The first-order chi connectivity index (χ1) is 8.52. The summed E-state index contributed by atoms with van der Waals surface area (Å²) in [4.78, 5) is 11.4. The normalized spacial score (nSPS) is 9.50. The van der Waals surface area contributed by atoms with Crippen LogP contribution in [0.15, 0.2) is 18.2 Å². The maximum absolute atomic E-state index is 11.4. The second-order valence-corrected chi connectivity index (χ2v) is 4.30. The molecule has 1 aromatic rings. The third-order valence-corrected chi connectivity index (χ3v) is 2.58. The zero-order valence-electron chi connectivity index (χ0n) is 10.0. The number of hydrazine groups is 1. The quantitative estimate of drug-likeness (QED) is 0.575. The summed E-state index contributed by atoms with van der Waals surface area (Å²) in [6.45, 7) is 1.75. The molecule has 5 nitrogen and oxygen atoms in total. The van der Waals surface area contributed by atoms with E-state index >= 15 is 0 Å². The van der Waals surface area contributed by atoms with Crippen LogP contribution in [0.2, 0.25) is 5.02 Å². The Kier molecular flexibility index (Phi) is 5.67. The van der Waals surface area contributed by atoms with Crippen LogP contribution in [0.4, 0.5) is 0 Å². The third kappa shape index (κ3) is 4.77. The van der Waals surface area contributed by atoms with Crippen LogP contribution in [0.25, 0.3) is 0 Å². The van der Waals surface area contributed by atoms with E-state index in [4.69, 9.17) is 28.6 Å². The van der Waals surface area contributed by atoms with Crippen molar-refractivity contribution in [2.24, 2.45) is 0 Å². The minimum absolute atomic E-state index is 0.109. The maximum Gasteiger partial charge on any atom is 0.276 e. The van der Waals surface area contributed by atoms with Gasteiger partial charge in [0.15, 0.2) is 11.7 Å². The predicted molar refractivity (Wildman–Crippen MR) is 74.6 cm³/mol. The minimum Gasteiger partial charge on any atom is -0.483 e. The smallest absolute Gasteiger partial charge is 0.276 e. The average Bonchev–Trinajstić information content (AvgIpc) is 2.34. The molecule has 0 radical (unpaired) electrons. The number of aryl methyl sites for hydroxylation is 1. The summed E-state index contributed by atoms with van der Waals surface area (Å²) >= 11 is 10.6. The molecule has 0 saturated carbocycles. The highest BCUT2D eigenvalue weighted by Gasteiger charge is 2.05. The molecule has 0 aliphatic heterocycles. The van der Waals surface area contributed by atoms with Crippen molar-refractivity contribution in [2.75, 3.05) is 13.7 Å². The van der Waals surface area contributed by atoms with Crippen LogP contribution in [0.5, 0.6) is 5.75 Å². The van der Waals surface area contributed by atoms with E-state index in [1.54, 1.807) is 25.2 Å². The van der Waals surface area contributed by atoms with E-state index in [9.17, 15) is 4.79 Å².